The Morgan fingerprint density at radius 1 is 0.962 bits per heavy atom. The molecule has 0 saturated carbocycles. The van der Waals surface area contributed by atoms with Gasteiger partial charge in [0.05, 0.1) is 10.6 Å². The Morgan fingerprint density at radius 3 is 2.27 bits per heavy atom. The second-order valence-electron chi connectivity index (χ2n) is 6.12. The van der Waals surface area contributed by atoms with E-state index in [2.05, 4.69) is 5.32 Å². The van der Waals surface area contributed by atoms with Crippen molar-refractivity contribution in [2.45, 2.75) is 25.3 Å². The highest BCUT2D eigenvalue weighted by molar-refractivity contribution is 7.90. The van der Waals surface area contributed by atoms with Gasteiger partial charge < -0.3 is 5.32 Å². The van der Waals surface area contributed by atoms with E-state index in [-0.39, 0.29) is 12.4 Å². The van der Waals surface area contributed by atoms with Gasteiger partial charge in [0.25, 0.3) is 10.0 Å². The number of benzene rings is 2. The summed E-state index contributed by atoms with van der Waals surface area (Å²) in [5, 5.41) is 3.11. The molecule has 1 aromatic heterocycles. The van der Waals surface area contributed by atoms with Gasteiger partial charge in [-0.3, -0.25) is 0 Å². The number of rotatable bonds is 5. The number of nitrogens with zero attached hydrogens (tertiary/aromatic N) is 1. The second-order valence-corrected chi connectivity index (χ2v) is 7.91. The minimum absolute atomic E-state index is 0. The van der Waals surface area contributed by atoms with Crippen LogP contribution in [-0.2, 0) is 16.6 Å². The van der Waals surface area contributed by atoms with Crippen LogP contribution < -0.4 is 5.32 Å². The van der Waals surface area contributed by atoms with Crippen molar-refractivity contribution in [2.75, 3.05) is 7.05 Å². The molecule has 1 heterocycles. The molecule has 0 fully saturated rings. The molecule has 0 unspecified atom stereocenters. The average Bonchev–Trinajstić information content (AvgIpc) is 2.93. The lowest BCUT2D eigenvalue weighted by Crippen LogP contribution is -2.16. The van der Waals surface area contributed by atoms with E-state index in [1.54, 1.807) is 18.2 Å². The Hall–Kier alpha value is -2.08. The molecule has 0 saturated heterocycles. The molecule has 3 rings (SSSR count). The standard InChI is InChI=1S/C20H22N2O2S.ClH/c1-15-8-7-11-19(12-15)25(23,24)22-16(2)18(14-21-3)13-20(22)17-9-5-4-6-10-17;/h4-13,21H,14H2,1-3H3;1H. The molecule has 0 aliphatic rings. The minimum Gasteiger partial charge on any atom is -0.316 e. The maximum atomic E-state index is 13.4. The molecule has 138 valence electrons. The highest BCUT2D eigenvalue weighted by Gasteiger charge is 2.25. The van der Waals surface area contributed by atoms with Gasteiger partial charge in [-0.2, -0.15) is 0 Å². The summed E-state index contributed by atoms with van der Waals surface area (Å²) in [6, 6.07) is 18.6. The van der Waals surface area contributed by atoms with E-state index >= 15 is 0 Å². The highest BCUT2D eigenvalue weighted by atomic mass is 35.5. The SMILES string of the molecule is CNCc1cc(-c2ccccc2)n(S(=O)(=O)c2cccc(C)c2)c1C.Cl. The number of hydrogen-bond donors (Lipinski definition) is 1. The summed E-state index contributed by atoms with van der Waals surface area (Å²) in [4.78, 5) is 0.305. The molecular formula is C20H23ClN2O2S. The van der Waals surface area contributed by atoms with E-state index in [0.717, 1.165) is 22.4 Å². The van der Waals surface area contributed by atoms with E-state index in [1.807, 2.05) is 63.4 Å². The van der Waals surface area contributed by atoms with Crippen LogP contribution in [0.3, 0.4) is 0 Å². The highest BCUT2D eigenvalue weighted by Crippen LogP contribution is 2.30. The maximum Gasteiger partial charge on any atom is 0.268 e. The molecule has 0 radical (unpaired) electrons. The van der Waals surface area contributed by atoms with Gasteiger partial charge in [-0.05, 0) is 55.8 Å². The van der Waals surface area contributed by atoms with Gasteiger partial charge in [0, 0.05) is 12.2 Å². The Labute approximate surface area is 161 Å². The Kier molecular flexibility index (Phi) is 6.29. The third-order valence-corrected chi connectivity index (χ3v) is 6.06. The van der Waals surface area contributed by atoms with Crippen LogP contribution >= 0.6 is 12.4 Å². The zero-order valence-corrected chi connectivity index (χ0v) is 16.7. The summed E-state index contributed by atoms with van der Waals surface area (Å²) in [5.74, 6) is 0. The van der Waals surface area contributed by atoms with Crippen molar-refractivity contribution >= 4 is 22.4 Å². The largest absolute Gasteiger partial charge is 0.316 e. The molecule has 0 aliphatic heterocycles. The van der Waals surface area contributed by atoms with Crippen molar-refractivity contribution in [2.24, 2.45) is 0 Å². The van der Waals surface area contributed by atoms with E-state index in [9.17, 15) is 8.42 Å². The molecular weight excluding hydrogens is 368 g/mol. The van der Waals surface area contributed by atoms with Crippen LogP contribution in [-0.4, -0.2) is 19.4 Å². The lowest BCUT2D eigenvalue weighted by atomic mass is 10.1. The quantitative estimate of drug-likeness (QED) is 0.712. The third kappa shape index (κ3) is 3.70. The van der Waals surface area contributed by atoms with Crippen LogP contribution in [0.2, 0.25) is 0 Å². The first-order valence-electron chi connectivity index (χ1n) is 8.18. The van der Waals surface area contributed by atoms with Crippen molar-refractivity contribution in [3.63, 3.8) is 0 Å². The van der Waals surface area contributed by atoms with Crippen LogP contribution in [0, 0.1) is 13.8 Å². The first kappa shape index (κ1) is 20.2. The summed E-state index contributed by atoms with van der Waals surface area (Å²) < 4.78 is 28.2. The molecule has 1 N–H and O–H groups in total. The van der Waals surface area contributed by atoms with Gasteiger partial charge in [0.1, 0.15) is 0 Å². The van der Waals surface area contributed by atoms with E-state index in [0.29, 0.717) is 17.1 Å². The smallest absolute Gasteiger partial charge is 0.268 e. The van der Waals surface area contributed by atoms with Crippen LogP contribution in [0.15, 0.2) is 65.6 Å². The number of aromatic nitrogens is 1. The number of hydrogen-bond acceptors (Lipinski definition) is 3. The monoisotopic (exact) mass is 390 g/mol. The second kappa shape index (κ2) is 8.08. The molecule has 3 aromatic rings. The fourth-order valence-electron chi connectivity index (χ4n) is 3.01. The van der Waals surface area contributed by atoms with Crippen molar-refractivity contribution < 1.29 is 8.42 Å². The molecule has 0 amide bonds. The Balaban J connectivity index is 0.00000243. The summed E-state index contributed by atoms with van der Waals surface area (Å²) in [7, 11) is -1.82. The molecule has 6 heteroatoms. The molecule has 0 spiro atoms. The first-order valence-corrected chi connectivity index (χ1v) is 9.62. The molecule has 0 atom stereocenters. The molecule has 2 aromatic carbocycles. The maximum absolute atomic E-state index is 13.4. The van der Waals surface area contributed by atoms with Crippen LogP contribution in [0.4, 0.5) is 0 Å². The van der Waals surface area contributed by atoms with Crippen molar-refractivity contribution in [1.29, 1.82) is 0 Å². The zero-order chi connectivity index (χ0) is 18.0. The normalized spacial score (nSPS) is 11.2. The summed E-state index contributed by atoms with van der Waals surface area (Å²) in [6.45, 7) is 4.36. The Morgan fingerprint density at radius 2 is 1.65 bits per heavy atom. The van der Waals surface area contributed by atoms with Gasteiger partial charge in [-0.25, -0.2) is 12.4 Å². The fraction of sp³-hybridized carbons (Fsp3) is 0.200. The molecule has 4 nitrogen and oxygen atoms in total. The van der Waals surface area contributed by atoms with Crippen molar-refractivity contribution in [3.05, 3.63) is 77.5 Å². The van der Waals surface area contributed by atoms with Crippen molar-refractivity contribution in [1.82, 2.24) is 9.29 Å². The predicted octanol–water partition coefficient (Wildman–Crippen LogP) is 4.15. The van der Waals surface area contributed by atoms with Gasteiger partial charge in [0.15, 0.2) is 0 Å². The predicted molar refractivity (Wildman–Crippen MR) is 108 cm³/mol. The average molecular weight is 391 g/mol. The molecule has 0 bridgehead atoms. The summed E-state index contributed by atoms with van der Waals surface area (Å²) in [6.07, 6.45) is 0. The summed E-state index contributed by atoms with van der Waals surface area (Å²) in [5.41, 5.74) is 4.18. The zero-order valence-electron chi connectivity index (χ0n) is 15.1. The number of aryl methyl sites for hydroxylation is 1. The first-order chi connectivity index (χ1) is 11.9. The van der Waals surface area contributed by atoms with E-state index < -0.39 is 10.0 Å². The van der Waals surface area contributed by atoms with Gasteiger partial charge in [0.2, 0.25) is 0 Å². The van der Waals surface area contributed by atoms with Gasteiger partial charge in [-0.1, -0.05) is 42.5 Å². The van der Waals surface area contributed by atoms with Crippen LogP contribution in [0.1, 0.15) is 16.8 Å². The number of nitrogens with one attached hydrogen (secondary N) is 1. The van der Waals surface area contributed by atoms with E-state index in [4.69, 9.17) is 0 Å². The van der Waals surface area contributed by atoms with E-state index in [1.165, 1.54) is 3.97 Å². The third-order valence-electron chi connectivity index (χ3n) is 4.26. The van der Waals surface area contributed by atoms with Gasteiger partial charge >= 0.3 is 0 Å². The Bertz CT molecular complexity index is 996. The topological polar surface area (TPSA) is 51.1 Å². The van der Waals surface area contributed by atoms with Crippen LogP contribution in [0.5, 0.6) is 0 Å². The lowest BCUT2D eigenvalue weighted by Gasteiger charge is -2.14. The van der Waals surface area contributed by atoms with Crippen LogP contribution in [0.25, 0.3) is 11.3 Å². The molecule has 0 aliphatic carbocycles. The summed E-state index contributed by atoms with van der Waals surface area (Å²) >= 11 is 0. The van der Waals surface area contributed by atoms with Crippen molar-refractivity contribution in [3.8, 4) is 11.3 Å². The fourth-order valence-corrected chi connectivity index (χ4v) is 4.70. The minimum atomic E-state index is -3.68. The lowest BCUT2D eigenvalue weighted by molar-refractivity contribution is 0.586. The number of halogens is 1. The molecule has 26 heavy (non-hydrogen) atoms. The van der Waals surface area contributed by atoms with Gasteiger partial charge in [-0.15, -0.1) is 12.4 Å².